The number of rotatable bonds is 3. The number of amides is 1. The van der Waals surface area contributed by atoms with Crippen LogP contribution in [0.3, 0.4) is 0 Å². The third kappa shape index (κ3) is 2.23. The third-order valence-corrected chi connectivity index (χ3v) is 2.83. The van der Waals surface area contributed by atoms with Crippen molar-refractivity contribution in [1.29, 1.82) is 0 Å². The molecule has 0 radical (unpaired) electrons. The van der Waals surface area contributed by atoms with Gasteiger partial charge in [-0.2, -0.15) is 0 Å². The van der Waals surface area contributed by atoms with Crippen molar-refractivity contribution >= 4 is 5.91 Å². The van der Waals surface area contributed by atoms with Crippen LogP contribution in [0, 0.1) is 12.8 Å². The topological polar surface area (TPSA) is 42.2 Å². The van der Waals surface area contributed by atoms with Crippen molar-refractivity contribution in [3.63, 3.8) is 0 Å². The second-order valence-electron chi connectivity index (χ2n) is 4.23. The predicted molar refractivity (Wildman–Crippen MR) is 53.4 cm³/mol. The van der Waals surface area contributed by atoms with Crippen LogP contribution in [0.1, 0.15) is 29.0 Å². The predicted octanol–water partition coefficient (Wildman–Crippen LogP) is 2.36. The van der Waals surface area contributed by atoms with E-state index in [4.69, 9.17) is 4.42 Å². The molecule has 1 saturated carbocycles. The summed E-state index contributed by atoms with van der Waals surface area (Å²) >= 11 is 0. The minimum Gasteiger partial charge on any atom is -0.469 e. The molecule has 16 heavy (non-hydrogen) atoms. The fraction of sp³-hybridized carbons (Fsp3) is 0.545. The van der Waals surface area contributed by atoms with Gasteiger partial charge in [-0.15, -0.1) is 0 Å². The Morgan fingerprint density at radius 2 is 2.31 bits per heavy atom. The molecule has 1 aromatic heterocycles. The summed E-state index contributed by atoms with van der Waals surface area (Å²) in [4.78, 5) is 11.6. The number of hydrogen-bond acceptors (Lipinski definition) is 2. The second kappa shape index (κ2) is 3.88. The van der Waals surface area contributed by atoms with E-state index in [9.17, 15) is 13.6 Å². The lowest BCUT2D eigenvalue weighted by Gasteiger charge is -2.34. The molecule has 1 aromatic rings. The molecule has 0 aliphatic heterocycles. The van der Waals surface area contributed by atoms with Crippen LogP contribution in [-0.4, -0.2) is 18.4 Å². The Balaban J connectivity index is 1.80. The van der Waals surface area contributed by atoms with Gasteiger partial charge < -0.3 is 9.73 Å². The molecule has 0 unspecified atom stereocenters. The van der Waals surface area contributed by atoms with Gasteiger partial charge in [0.05, 0.1) is 11.8 Å². The normalized spacial score (nSPS) is 19.2. The quantitative estimate of drug-likeness (QED) is 0.864. The lowest BCUT2D eigenvalue weighted by atomic mass is 9.81. The average Bonchev–Trinajstić information content (AvgIpc) is 2.57. The van der Waals surface area contributed by atoms with Crippen LogP contribution in [0.2, 0.25) is 0 Å². The summed E-state index contributed by atoms with van der Waals surface area (Å²) < 4.78 is 30.0. The first-order valence-electron chi connectivity index (χ1n) is 5.18. The first kappa shape index (κ1) is 11.1. The zero-order chi connectivity index (χ0) is 11.8. The van der Waals surface area contributed by atoms with Crippen molar-refractivity contribution in [3.8, 4) is 0 Å². The number of aryl methyl sites for hydroxylation is 1. The molecule has 3 nitrogen and oxygen atoms in total. The van der Waals surface area contributed by atoms with Crippen molar-refractivity contribution in [2.45, 2.75) is 25.7 Å². The number of carbonyl (C=O) groups excluding carboxylic acids is 1. The highest BCUT2D eigenvalue weighted by Crippen LogP contribution is 2.41. The molecular weight excluding hydrogens is 216 g/mol. The van der Waals surface area contributed by atoms with Crippen molar-refractivity contribution in [1.82, 2.24) is 5.32 Å². The molecule has 0 bridgehead atoms. The molecule has 0 saturated heterocycles. The highest BCUT2D eigenvalue weighted by molar-refractivity contribution is 5.95. The van der Waals surface area contributed by atoms with Gasteiger partial charge in [-0.05, 0) is 18.9 Å². The maximum Gasteiger partial charge on any atom is 0.254 e. The molecule has 1 fully saturated rings. The first-order valence-corrected chi connectivity index (χ1v) is 5.18. The van der Waals surface area contributed by atoms with Crippen LogP contribution in [0.15, 0.2) is 16.7 Å². The molecule has 1 heterocycles. The van der Waals surface area contributed by atoms with Gasteiger partial charge in [0, 0.05) is 19.4 Å². The maximum atomic E-state index is 12.5. The number of halogens is 2. The number of carbonyl (C=O) groups is 1. The number of furan rings is 1. The molecule has 1 amide bonds. The number of alkyl halides is 2. The Kier molecular flexibility index (Phi) is 2.69. The van der Waals surface area contributed by atoms with Crippen molar-refractivity contribution in [3.05, 3.63) is 23.7 Å². The van der Waals surface area contributed by atoms with Gasteiger partial charge >= 0.3 is 0 Å². The van der Waals surface area contributed by atoms with E-state index in [0.29, 0.717) is 17.9 Å². The van der Waals surface area contributed by atoms with Crippen LogP contribution in [0.5, 0.6) is 0 Å². The highest BCUT2D eigenvalue weighted by atomic mass is 19.3. The second-order valence-corrected chi connectivity index (χ2v) is 4.23. The third-order valence-electron chi connectivity index (χ3n) is 2.83. The van der Waals surface area contributed by atoms with E-state index in [-0.39, 0.29) is 24.7 Å². The Morgan fingerprint density at radius 3 is 2.81 bits per heavy atom. The van der Waals surface area contributed by atoms with Gasteiger partial charge in [-0.3, -0.25) is 4.79 Å². The van der Waals surface area contributed by atoms with Gasteiger partial charge in [0.25, 0.3) is 5.91 Å². The minimum absolute atomic E-state index is 0.105. The van der Waals surface area contributed by atoms with Crippen molar-refractivity contribution in [2.75, 3.05) is 6.54 Å². The smallest absolute Gasteiger partial charge is 0.254 e. The Labute approximate surface area is 91.8 Å². The molecule has 0 atom stereocenters. The van der Waals surface area contributed by atoms with Crippen LogP contribution in [0.4, 0.5) is 8.78 Å². The van der Waals surface area contributed by atoms with E-state index >= 15 is 0 Å². The minimum atomic E-state index is -2.53. The number of hydrogen-bond donors (Lipinski definition) is 1. The summed E-state index contributed by atoms with van der Waals surface area (Å²) in [6, 6.07) is 1.57. The van der Waals surface area contributed by atoms with Gasteiger partial charge in [0.2, 0.25) is 5.92 Å². The zero-order valence-corrected chi connectivity index (χ0v) is 8.93. The van der Waals surface area contributed by atoms with Gasteiger partial charge in [-0.1, -0.05) is 0 Å². The largest absolute Gasteiger partial charge is 0.469 e. The van der Waals surface area contributed by atoms with Crippen LogP contribution >= 0.6 is 0 Å². The fourth-order valence-electron chi connectivity index (χ4n) is 1.88. The first-order chi connectivity index (χ1) is 7.48. The molecular formula is C11H13F2NO2. The van der Waals surface area contributed by atoms with E-state index in [1.165, 1.54) is 6.26 Å². The Morgan fingerprint density at radius 1 is 1.62 bits per heavy atom. The lowest BCUT2D eigenvalue weighted by molar-refractivity contribution is -0.108. The monoisotopic (exact) mass is 229 g/mol. The molecule has 88 valence electrons. The zero-order valence-electron chi connectivity index (χ0n) is 8.93. The van der Waals surface area contributed by atoms with E-state index in [1.54, 1.807) is 13.0 Å². The average molecular weight is 229 g/mol. The van der Waals surface area contributed by atoms with Crippen molar-refractivity contribution < 1.29 is 18.0 Å². The van der Waals surface area contributed by atoms with Crippen LogP contribution in [-0.2, 0) is 0 Å². The molecule has 0 aromatic carbocycles. The Hall–Kier alpha value is -1.39. The lowest BCUT2D eigenvalue weighted by Crippen LogP contribution is -2.42. The number of nitrogens with one attached hydrogen (secondary N) is 1. The summed E-state index contributed by atoms with van der Waals surface area (Å²) in [7, 11) is 0. The van der Waals surface area contributed by atoms with Crippen LogP contribution < -0.4 is 5.32 Å². The van der Waals surface area contributed by atoms with E-state index in [1.807, 2.05) is 0 Å². The molecule has 5 heteroatoms. The molecule has 0 spiro atoms. The summed E-state index contributed by atoms with van der Waals surface area (Å²) in [5.41, 5.74) is 0.464. The van der Waals surface area contributed by atoms with Gasteiger partial charge in [-0.25, -0.2) is 8.78 Å². The van der Waals surface area contributed by atoms with Crippen molar-refractivity contribution in [2.24, 2.45) is 5.92 Å². The maximum absolute atomic E-state index is 12.5. The summed E-state index contributed by atoms with van der Waals surface area (Å²) in [5, 5.41) is 2.63. The molecule has 1 N–H and O–H groups in total. The summed E-state index contributed by atoms with van der Waals surface area (Å²) in [6.45, 7) is 1.99. The van der Waals surface area contributed by atoms with E-state index in [0.717, 1.165) is 0 Å². The van der Waals surface area contributed by atoms with Gasteiger partial charge in [0.15, 0.2) is 0 Å². The summed E-state index contributed by atoms with van der Waals surface area (Å²) in [5.74, 6) is -2.36. The molecule has 2 rings (SSSR count). The Bertz CT molecular complexity index is 392. The highest BCUT2D eigenvalue weighted by Gasteiger charge is 2.45. The van der Waals surface area contributed by atoms with Gasteiger partial charge in [0.1, 0.15) is 5.76 Å². The van der Waals surface area contributed by atoms with E-state index in [2.05, 4.69) is 5.32 Å². The van der Waals surface area contributed by atoms with E-state index < -0.39 is 5.92 Å². The molecule has 1 aliphatic carbocycles. The fourth-order valence-corrected chi connectivity index (χ4v) is 1.88. The standard InChI is InChI=1S/C11H13F2NO2/c1-7-9(2-3-16-7)10(15)14-6-8-4-11(12,13)5-8/h2-3,8H,4-6H2,1H3,(H,14,15). The molecule has 1 aliphatic rings. The summed E-state index contributed by atoms with van der Waals surface area (Å²) in [6.07, 6.45) is 1.18. The van der Waals surface area contributed by atoms with Crippen LogP contribution in [0.25, 0.3) is 0 Å². The SMILES string of the molecule is Cc1occc1C(=O)NCC1CC(F)(F)C1.